The number of nitrogens with two attached hydrogens (primary N) is 1. The van der Waals surface area contributed by atoms with Gasteiger partial charge in [-0.25, -0.2) is 0 Å². The second-order valence-corrected chi connectivity index (χ2v) is 4.91. The summed E-state index contributed by atoms with van der Waals surface area (Å²) in [4.78, 5) is 26.8. The fraction of sp³-hybridized carbons (Fsp3) is 0.0667. The number of nitrogens with one attached hydrogen (secondary N) is 1. The number of nitrogen functional groups attached to an aromatic ring is 1. The van der Waals surface area contributed by atoms with Gasteiger partial charge in [0, 0.05) is 17.8 Å². The predicted octanol–water partition coefficient (Wildman–Crippen LogP) is 2.88. The highest BCUT2D eigenvalue weighted by atomic mass is 16.6. The van der Waals surface area contributed by atoms with E-state index >= 15 is 0 Å². The summed E-state index contributed by atoms with van der Waals surface area (Å²) < 4.78 is 5.40. The Morgan fingerprint density at radius 3 is 2.78 bits per heavy atom. The summed E-state index contributed by atoms with van der Waals surface area (Å²) in [5.41, 5.74) is 7.31. The zero-order valence-electron chi connectivity index (χ0n) is 12.1. The van der Waals surface area contributed by atoms with E-state index in [9.17, 15) is 14.9 Å². The number of carbonyl (C=O) groups is 1. The van der Waals surface area contributed by atoms with Gasteiger partial charge in [-0.2, -0.15) is 4.98 Å². The molecule has 8 nitrogen and oxygen atoms in total. The summed E-state index contributed by atoms with van der Waals surface area (Å²) in [6.07, 6.45) is 0. The fourth-order valence-electron chi connectivity index (χ4n) is 2.15. The van der Waals surface area contributed by atoms with Crippen molar-refractivity contribution in [2.24, 2.45) is 0 Å². The van der Waals surface area contributed by atoms with E-state index in [1.807, 2.05) is 0 Å². The van der Waals surface area contributed by atoms with Crippen molar-refractivity contribution in [3.8, 4) is 0 Å². The minimum atomic E-state index is -0.605. The molecule has 23 heavy (non-hydrogen) atoms. The topological polar surface area (TPSA) is 124 Å². The quantitative estimate of drug-likeness (QED) is 0.435. The zero-order valence-corrected chi connectivity index (χ0v) is 12.1. The third-order valence-electron chi connectivity index (χ3n) is 3.40. The molecule has 0 atom stereocenters. The number of nitro groups is 1. The maximum Gasteiger partial charge on any atom is 0.302 e. The van der Waals surface area contributed by atoms with Gasteiger partial charge in [0.15, 0.2) is 5.58 Å². The van der Waals surface area contributed by atoms with Crippen molar-refractivity contribution in [1.82, 2.24) is 4.98 Å². The van der Waals surface area contributed by atoms with E-state index < -0.39 is 10.8 Å². The number of anilines is 2. The van der Waals surface area contributed by atoms with Crippen molar-refractivity contribution >= 4 is 34.4 Å². The predicted molar refractivity (Wildman–Crippen MR) is 84.2 cm³/mol. The Bertz CT molecular complexity index is 899. The zero-order chi connectivity index (χ0) is 16.6. The molecular formula is C15H12N4O4. The van der Waals surface area contributed by atoms with Crippen LogP contribution in [0.25, 0.3) is 11.1 Å². The Labute approximate surface area is 130 Å². The second kappa shape index (κ2) is 5.41. The number of carbonyl (C=O) groups excluding carboxylic acids is 1. The van der Waals surface area contributed by atoms with Crippen molar-refractivity contribution < 1.29 is 14.1 Å². The minimum absolute atomic E-state index is 0.0145. The summed E-state index contributed by atoms with van der Waals surface area (Å²) in [7, 11) is 0. The lowest BCUT2D eigenvalue weighted by Gasteiger charge is -2.07. The number of amides is 1. The molecule has 2 aromatic carbocycles. The molecule has 1 heterocycles. The van der Waals surface area contributed by atoms with Gasteiger partial charge in [-0.15, -0.1) is 0 Å². The number of benzene rings is 2. The first-order valence-corrected chi connectivity index (χ1v) is 6.67. The van der Waals surface area contributed by atoms with Gasteiger partial charge in [0.1, 0.15) is 5.52 Å². The Kier molecular flexibility index (Phi) is 3.41. The third kappa shape index (κ3) is 2.69. The van der Waals surface area contributed by atoms with E-state index in [2.05, 4.69) is 10.3 Å². The molecule has 0 saturated carbocycles. The molecule has 3 aromatic rings. The standard InChI is InChI=1S/C15H12N4O4/c1-8-10(6-9(19(21)22)7-11(8)16)14(20)18-15-17-12-4-2-3-5-13(12)23-15/h2-7H,16H2,1H3,(H,17,18,20). The van der Waals surface area contributed by atoms with E-state index in [1.165, 1.54) is 12.1 Å². The summed E-state index contributed by atoms with van der Waals surface area (Å²) in [5, 5.41) is 13.4. The van der Waals surface area contributed by atoms with Crippen molar-refractivity contribution in [1.29, 1.82) is 0 Å². The minimum Gasteiger partial charge on any atom is -0.423 e. The first-order chi connectivity index (χ1) is 11.0. The van der Waals surface area contributed by atoms with Crippen LogP contribution in [0.1, 0.15) is 15.9 Å². The lowest BCUT2D eigenvalue weighted by atomic mass is 10.1. The molecule has 1 aromatic heterocycles. The van der Waals surface area contributed by atoms with E-state index in [0.29, 0.717) is 16.7 Å². The molecule has 0 aliphatic rings. The van der Waals surface area contributed by atoms with Crippen LogP contribution in [-0.4, -0.2) is 15.8 Å². The van der Waals surface area contributed by atoms with Crippen LogP contribution >= 0.6 is 0 Å². The molecule has 0 bridgehead atoms. The Hall–Kier alpha value is -3.42. The van der Waals surface area contributed by atoms with Crippen LogP contribution in [0.15, 0.2) is 40.8 Å². The van der Waals surface area contributed by atoms with Gasteiger partial charge in [0.2, 0.25) is 0 Å². The molecule has 0 saturated heterocycles. The molecular weight excluding hydrogens is 300 g/mol. The lowest BCUT2D eigenvalue weighted by molar-refractivity contribution is -0.384. The summed E-state index contributed by atoms with van der Waals surface area (Å²) in [6.45, 7) is 1.61. The Balaban J connectivity index is 1.95. The second-order valence-electron chi connectivity index (χ2n) is 4.91. The Morgan fingerprint density at radius 1 is 1.35 bits per heavy atom. The largest absolute Gasteiger partial charge is 0.423 e. The van der Waals surface area contributed by atoms with Crippen molar-refractivity contribution in [2.75, 3.05) is 11.1 Å². The van der Waals surface area contributed by atoms with Crippen LogP contribution in [0.3, 0.4) is 0 Å². The van der Waals surface area contributed by atoms with Crippen LogP contribution in [0.2, 0.25) is 0 Å². The summed E-state index contributed by atoms with van der Waals surface area (Å²) in [6, 6.07) is 9.43. The van der Waals surface area contributed by atoms with Gasteiger partial charge in [0.25, 0.3) is 11.6 Å². The summed E-state index contributed by atoms with van der Waals surface area (Å²) >= 11 is 0. The molecule has 0 aliphatic carbocycles. The van der Waals surface area contributed by atoms with Gasteiger partial charge in [-0.1, -0.05) is 12.1 Å². The average molecular weight is 312 g/mol. The highest BCUT2D eigenvalue weighted by molar-refractivity contribution is 6.06. The van der Waals surface area contributed by atoms with Gasteiger partial charge in [-0.05, 0) is 24.6 Å². The number of nitrogens with zero attached hydrogens (tertiary/aromatic N) is 2. The number of non-ortho nitro benzene ring substituents is 1. The van der Waals surface area contributed by atoms with Crippen LogP contribution in [0.5, 0.6) is 0 Å². The van der Waals surface area contributed by atoms with E-state index in [1.54, 1.807) is 31.2 Å². The average Bonchev–Trinajstić information content (AvgIpc) is 2.91. The smallest absolute Gasteiger partial charge is 0.302 e. The fourth-order valence-corrected chi connectivity index (χ4v) is 2.15. The first kappa shape index (κ1) is 14.5. The van der Waals surface area contributed by atoms with Gasteiger partial charge >= 0.3 is 6.01 Å². The van der Waals surface area contributed by atoms with E-state index in [4.69, 9.17) is 10.2 Å². The number of oxazole rings is 1. The van der Waals surface area contributed by atoms with Gasteiger partial charge in [-0.3, -0.25) is 20.2 Å². The molecule has 8 heteroatoms. The number of fused-ring (bicyclic) bond motifs is 1. The SMILES string of the molecule is Cc1c(N)cc([N+](=O)[O-])cc1C(=O)Nc1nc2ccccc2o1. The number of aromatic nitrogens is 1. The van der Waals surface area contributed by atoms with E-state index in [-0.39, 0.29) is 23.0 Å². The molecule has 0 unspecified atom stereocenters. The number of hydrogen-bond donors (Lipinski definition) is 2. The molecule has 0 spiro atoms. The number of para-hydroxylation sites is 2. The Morgan fingerprint density at radius 2 is 2.09 bits per heavy atom. The van der Waals surface area contributed by atoms with Crippen molar-refractivity contribution in [3.63, 3.8) is 0 Å². The van der Waals surface area contributed by atoms with Crippen LogP contribution < -0.4 is 11.1 Å². The third-order valence-corrected chi connectivity index (χ3v) is 3.40. The molecule has 0 aliphatic heterocycles. The molecule has 1 amide bonds. The number of hydrogen-bond acceptors (Lipinski definition) is 6. The van der Waals surface area contributed by atoms with Crippen molar-refractivity contribution in [3.05, 3.63) is 57.6 Å². The van der Waals surface area contributed by atoms with Crippen molar-refractivity contribution in [2.45, 2.75) is 6.92 Å². The monoisotopic (exact) mass is 312 g/mol. The van der Waals surface area contributed by atoms with Crippen LogP contribution in [-0.2, 0) is 0 Å². The maximum atomic E-state index is 12.3. The van der Waals surface area contributed by atoms with Gasteiger partial charge in [0.05, 0.1) is 10.5 Å². The number of nitro benzene ring substituents is 1. The molecule has 3 rings (SSSR count). The number of rotatable bonds is 3. The first-order valence-electron chi connectivity index (χ1n) is 6.67. The normalized spacial score (nSPS) is 10.7. The molecule has 3 N–H and O–H groups in total. The molecule has 0 radical (unpaired) electrons. The van der Waals surface area contributed by atoms with E-state index in [0.717, 1.165) is 0 Å². The highest BCUT2D eigenvalue weighted by Crippen LogP contribution is 2.25. The molecule has 116 valence electrons. The summed E-state index contributed by atoms with van der Waals surface area (Å²) in [5.74, 6) is -0.579. The van der Waals surface area contributed by atoms with Crippen LogP contribution in [0.4, 0.5) is 17.4 Å². The van der Waals surface area contributed by atoms with Crippen LogP contribution in [0, 0.1) is 17.0 Å². The maximum absolute atomic E-state index is 12.3. The molecule has 0 fully saturated rings. The van der Waals surface area contributed by atoms with Gasteiger partial charge < -0.3 is 10.2 Å². The lowest BCUT2D eigenvalue weighted by Crippen LogP contribution is -2.15. The highest BCUT2D eigenvalue weighted by Gasteiger charge is 2.19.